The second-order valence-electron chi connectivity index (χ2n) is 3.71. The molecule has 18 heavy (non-hydrogen) atoms. The van der Waals surface area contributed by atoms with Crippen LogP contribution in [0.3, 0.4) is 0 Å². The summed E-state index contributed by atoms with van der Waals surface area (Å²) < 4.78 is 4.81. The number of amides is 1. The first-order chi connectivity index (χ1) is 8.67. The molecule has 0 aliphatic rings. The molecule has 0 heterocycles. The van der Waals surface area contributed by atoms with Crippen LogP contribution in [0.15, 0.2) is 29.4 Å². The lowest BCUT2D eigenvalue weighted by Gasteiger charge is -2.06. The van der Waals surface area contributed by atoms with Gasteiger partial charge in [0, 0.05) is 25.6 Å². The number of carbonyl (C=O) groups excluding carboxylic acids is 1. The Balaban J connectivity index is 2.55. The van der Waals surface area contributed by atoms with Gasteiger partial charge in [0.15, 0.2) is 5.84 Å². The number of hydrogen-bond acceptors (Lipinski definition) is 4. The quantitative estimate of drug-likeness (QED) is 0.296. The summed E-state index contributed by atoms with van der Waals surface area (Å²) in [6.45, 7) is 0.797. The van der Waals surface area contributed by atoms with E-state index in [2.05, 4.69) is 10.5 Å². The highest BCUT2D eigenvalue weighted by molar-refractivity contribution is 5.97. The van der Waals surface area contributed by atoms with Crippen molar-refractivity contribution in [1.29, 1.82) is 0 Å². The molecule has 0 aliphatic heterocycles. The van der Waals surface area contributed by atoms with Crippen LogP contribution in [-0.4, -0.2) is 30.7 Å². The Morgan fingerprint density at radius 1 is 1.56 bits per heavy atom. The SMILES string of the molecule is COCCC(=O)NCc1cccc(/C(N)=N/O)c1. The number of nitrogens with zero attached hydrogens (tertiary/aromatic N) is 1. The van der Waals surface area contributed by atoms with Crippen LogP contribution in [-0.2, 0) is 16.1 Å². The molecule has 0 unspecified atom stereocenters. The van der Waals surface area contributed by atoms with Gasteiger partial charge in [0.2, 0.25) is 5.91 Å². The summed E-state index contributed by atoms with van der Waals surface area (Å²) in [6, 6.07) is 7.12. The molecule has 1 rings (SSSR count). The van der Waals surface area contributed by atoms with Crippen molar-refractivity contribution in [2.75, 3.05) is 13.7 Å². The molecular formula is C12H17N3O3. The summed E-state index contributed by atoms with van der Waals surface area (Å²) in [5.41, 5.74) is 6.97. The smallest absolute Gasteiger partial charge is 0.222 e. The molecule has 1 amide bonds. The number of rotatable bonds is 6. The Kier molecular flexibility index (Phi) is 5.66. The van der Waals surface area contributed by atoms with E-state index in [4.69, 9.17) is 15.7 Å². The van der Waals surface area contributed by atoms with Crippen LogP contribution < -0.4 is 11.1 Å². The Bertz CT molecular complexity index is 432. The lowest BCUT2D eigenvalue weighted by Crippen LogP contribution is -2.24. The van der Waals surface area contributed by atoms with E-state index in [1.807, 2.05) is 6.07 Å². The number of ether oxygens (including phenoxy) is 1. The largest absolute Gasteiger partial charge is 0.409 e. The highest BCUT2D eigenvalue weighted by Crippen LogP contribution is 2.05. The van der Waals surface area contributed by atoms with Crippen molar-refractivity contribution in [3.8, 4) is 0 Å². The summed E-state index contributed by atoms with van der Waals surface area (Å²) >= 11 is 0. The minimum Gasteiger partial charge on any atom is -0.409 e. The van der Waals surface area contributed by atoms with E-state index in [9.17, 15) is 4.79 Å². The molecule has 0 radical (unpaired) electrons. The third kappa shape index (κ3) is 4.42. The number of benzene rings is 1. The maximum Gasteiger partial charge on any atom is 0.222 e. The second-order valence-corrected chi connectivity index (χ2v) is 3.71. The number of carbonyl (C=O) groups is 1. The lowest BCUT2D eigenvalue weighted by molar-refractivity contribution is -0.122. The Hall–Kier alpha value is -2.08. The number of nitrogens with one attached hydrogen (secondary N) is 1. The Labute approximate surface area is 105 Å². The van der Waals surface area contributed by atoms with Gasteiger partial charge in [-0.25, -0.2) is 0 Å². The highest BCUT2D eigenvalue weighted by Gasteiger charge is 2.03. The summed E-state index contributed by atoms with van der Waals surface area (Å²) in [5, 5.41) is 14.3. The van der Waals surface area contributed by atoms with Crippen LogP contribution in [0, 0.1) is 0 Å². The van der Waals surface area contributed by atoms with Gasteiger partial charge in [0.25, 0.3) is 0 Å². The summed E-state index contributed by atoms with van der Waals surface area (Å²) in [7, 11) is 1.55. The zero-order valence-electron chi connectivity index (χ0n) is 10.2. The fourth-order valence-electron chi connectivity index (χ4n) is 1.38. The van der Waals surface area contributed by atoms with E-state index < -0.39 is 0 Å². The average molecular weight is 251 g/mol. The van der Waals surface area contributed by atoms with Crippen molar-refractivity contribution in [1.82, 2.24) is 5.32 Å². The molecule has 0 saturated heterocycles. The highest BCUT2D eigenvalue weighted by atomic mass is 16.5. The van der Waals surface area contributed by atoms with Crippen LogP contribution in [0.4, 0.5) is 0 Å². The molecule has 0 aliphatic carbocycles. The minimum atomic E-state index is -0.0777. The van der Waals surface area contributed by atoms with E-state index in [-0.39, 0.29) is 11.7 Å². The number of nitrogens with two attached hydrogens (primary N) is 1. The molecule has 0 spiro atoms. The number of oxime groups is 1. The van der Waals surface area contributed by atoms with Crippen LogP contribution in [0.1, 0.15) is 17.5 Å². The lowest BCUT2D eigenvalue weighted by atomic mass is 10.1. The van der Waals surface area contributed by atoms with Crippen LogP contribution in [0.5, 0.6) is 0 Å². The van der Waals surface area contributed by atoms with E-state index >= 15 is 0 Å². The van der Waals surface area contributed by atoms with Gasteiger partial charge in [0.05, 0.1) is 6.61 Å². The fourth-order valence-corrected chi connectivity index (χ4v) is 1.38. The third-order valence-corrected chi connectivity index (χ3v) is 2.35. The second kappa shape index (κ2) is 7.29. The predicted octanol–water partition coefficient (Wildman–Crippen LogP) is 0.434. The fraction of sp³-hybridized carbons (Fsp3) is 0.333. The molecule has 1 aromatic rings. The van der Waals surface area contributed by atoms with Crippen molar-refractivity contribution in [2.45, 2.75) is 13.0 Å². The van der Waals surface area contributed by atoms with Crippen LogP contribution in [0.2, 0.25) is 0 Å². The van der Waals surface area contributed by atoms with Crippen molar-refractivity contribution in [2.24, 2.45) is 10.9 Å². The maximum atomic E-state index is 11.4. The molecule has 0 atom stereocenters. The predicted molar refractivity (Wildman–Crippen MR) is 67.3 cm³/mol. The number of amidine groups is 1. The normalized spacial score (nSPS) is 11.3. The van der Waals surface area contributed by atoms with Gasteiger partial charge in [-0.15, -0.1) is 0 Å². The van der Waals surface area contributed by atoms with Gasteiger partial charge in [-0.1, -0.05) is 23.4 Å². The average Bonchev–Trinajstić information content (AvgIpc) is 2.42. The first-order valence-electron chi connectivity index (χ1n) is 5.50. The van der Waals surface area contributed by atoms with Gasteiger partial charge in [0.1, 0.15) is 0 Å². The Morgan fingerprint density at radius 3 is 3.00 bits per heavy atom. The van der Waals surface area contributed by atoms with Crippen molar-refractivity contribution >= 4 is 11.7 Å². The van der Waals surface area contributed by atoms with Gasteiger partial charge < -0.3 is 21.0 Å². The molecule has 0 aromatic heterocycles. The molecule has 1 aromatic carbocycles. The van der Waals surface area contributed by atoms with E-state index in [1.165, 1.54) is 0 Å². The van der Waals surface area contributed by atoms with E-state index in [0.717, 1.165) is 5.56 Å². The number of methoxy groups -OCH3 is 1. The summed E-state index contributed by atoms with van der Waals surface area (Å²) in [5.74, 6) is -0.0337. The molecular weight excluding hydrogens is 234 g/mol. The molecule has 4 N–H and O–H groups in total. The summed E-state index contributed by atoms with van der Waals surface area (Å²) in [4.78, 5) is 11.4. The number of hydrogen-bond donors (Lipinski definition) is 3. The molecule has 98 valence electrons. The van der Waals surface area contributed by atoms with Gasteiger partial charge in [-0.05, 0) is 11.6 Å². The molecule has 0 bridgehead atoms. The van der Waals surface area contributed by atoms with Gasteiger partial charge in [-0.3, -0.25) is 4.79 Å². The zero-order chi connectivity index (χ0) is 13.4. The summed E-state index contributed by atoms with van der Waals surface area (Å²) in [6.07, 6.45) is 0.330. The van der Waals surface area contributed by atoms with Crippen LogP contribution in [0.25, 0.3) is 0 Å². The standard InChI is InChI=1S/C12H17N3O3/c1-18-6-5-11(16)14-8-9-3-2-4-10(7-9)12(13)15-17/h2-4,7,17H,5-6,8H2,1H3,(H2,13,15)(H,14,16). The Morgan fingerprint density at radius 2 is 2.33 bits per heavy atom. The first-order valence-corrected chi connectivity index (χ1v) is 5.50. The topological polar surface area (TPSA) is 96.9 Å². The zero-order valence-corrected chi connectivity index (χ0v) is 10.2. The monoisotopic (exact) mass is 251 g/mol. The molecule has 6 heteroatoms. The minimum absolute atomic E-state index is 0.0440. The van der Waals surface area contributed by atoms with Gasteiger partial charge in [-0.2, -0.15) is 0 Å². The van der Waals surface area contributed by atoms with E-state index in [0.29, 0.717) is 25.1 Å². The molecule has 6 nitrogen and oxygen atoms in total. The molecule has 0 fully saturated rings. The van der Waals surface area contributed by atoms with Crippen molar-refractivity contribution in [3.05, 3.63) is 35.4 Å². The molecule has 0 saturated carbocycles. The first kappa shape index (κ1) is 14.0. The van der Waals surface area contributed by atoms with Crippen molar-refractivity contribution < 1.29 is 14.7 Å². The van der Waals surface area contributed by atoms with Gasteiger partial charge >= 0.3 is 0 Å². The van der Waals surface area contributed by atoms with Crippen LogP contribution >= 0.6 is 0 Å². The van der Waals surface area contributed by atoms with E-state index in [1.54, 1.807) is 25.3 Å². The maximum absolute atomic E-state index is 11.4. The van der Waals surface area contributed by atoms with Crippen molar-refractivity contribution in [3.63, 3.8) is 0 Å². The third-order valence-electron chi connectivity index (χ3n) is 2.35.